The van der Waals surface area contributed by atoms with Crippen LogP contribution < -0.4 is 10.1 Å². The lowest BCUT2D eigenvalue weighted by atomic mass is 9.95. The zero-order chi connectivity index (χ0) is 18.9. The molecule has 1 saturated heterocycles. The maximum atomic E-state index is 12.6. The van der Waals surface area contributed by atoms with Crippen molar-refractivity contribution < 1.29 is 9.53 Å². The van der Waals surface area contributed by atoms with E-state index in [0.717, 1.165) is 56.8 Å². The number of rotatable bonds is 8. The van der Waals surface area contributed by atoms with Gasteiger partial charge in [-0.1, -0.05) is 48.5 Å². The molecule has 1 amide bonds. The SMILES string of the molecule is CC(NC(=O)C1CCN(CCCOc2ccccc2)CC1)c1ccccc1. The summed E-state index contributed by atoms with van der Waals surface area (Å²) < 4.78 is 5.75. The molecule has 1 aliphatic heterocycles. The number of hydrogen-bond acceptors (Lipinski definition) is 3. The van der Waals surface area contributed by atoms with E-state index < -0.39 is 0 Å². The van der Waals surface area contributed by atoms with E-state index in [1.165, 1.54) is 0 Å². The highest BCUT2D eigenvalue weighted by Gasteiger charge is 2.25. The van der Waals surface area contributed by atoms with E-state index in [2.05, 4.69) is 29.3 Å². The molecule has 0 saturated carbocycles. The van der Waals surface area contributed by atoms with Crippen molar-refractivity contribution in [1.82, 2.24) is 10.2 Å². The lowest BCUT2D eigenvalue weighted by Crippen LogP contribution is -2.41. The molecule has 27 heavy (non-hydrogen) atoms. The van der Waals surface area contributed by atoms with Crippen LogP contribution in [-0.4, -0.2) is 37.0 Å². The van der Waals surface area contributed by atoms with Gasteiger partial charge in [-0.15, -0.1) is 0 Å². The summed E-state index contributed by atoms with van der Waals surface area (Å²) in [7, 11) is 0. The zero-order valence-electron chi connectivity index (χ0n) is 16.1. The van der Waals surface area contributed by atoms with Crippen LogP contribution in [0.25, 0.3) is 0 Å². The number of nitrogens with one attached hydrogen (secondary N) is 1. The van der Waals surface area contributed by atoms with E-state index in [1.807, 2.05) is 48.5 Å². The van der Waals surface area contributed by atoms with Gasteiger partial charge in [0, 0.05) is 12.5 Å². The number of amides is 1. The van der Waals surface area contributed by atoms with E-state index in [1.54, 1.807) is 0 Å². The minimum atomic E-state index is 0.0619. The molecular formula is C23H30N2O2. The van der Waals surface area contributed by atoms with Gasteiger partial charge in [0.05, 0.1) is 12.6 Å². The fourth-order valence-corrected chi connectivity index (χ4v) is 3.57. The first kappa shape index (κ1) is 19.4. The molecule has 2 aromatic carbocycles. The second-order valence-corrected chi connectivity index (χ2v) is 7.27. The number of nitrogens with zero attached hydrogens (tertiary/aromatic N) is 1. The molecule has 1 unspecified atom stereocenters. The largest absolute Gasteiger partial charge is 0.494 e. The summed E-state index contributed by atoms with van der Waals surface area (Å²) in [5, 5.41) is 3.17. The number of para-hydroxylation sites is 1. The fourth-order valence-electron chi connectivity index (χ4n) is 3.57. The minimum Gasteiger partial charge on any atom is -0.494 e. The molecular weight excluding hydrogens is 336 g/mol. The Labute approximate surface area is 162 Å². The van der Waals surface area contributed by atoms with Crippen molar-refractivity contribution in [3.63, 3.8) is 0 Å². The molecule has 1 atom stereocenters. The maximum Gasteiger partial charge on any atom is 0.223 e. The Balaban J connectivity index is 1.33. The third-order valence-electron chi connectivity index (χ3n) is 5.25. The Bertz CT molecular complexity index is 682. The summed E-state index contributed by atoms with van der Waals surface area (Å²) in [6.07, 6.45) is 2.89. The monoisotopic (exact) mass is 366 g/mol. The molecule has 0 aromatic heterocycles. The molecule has 144 valence electrons. The van der Waals surface area contributed by atoms with Crippen LogP contribution >= 0.6 is 0 Å². The number of piperidine rings is 1. The quantitative estimate of drug-likeness (QED) is 0.717. The summed E-state index contributed by atoms with van der Waals surface area (Å²) in [5.74, 6) is 1.26. The normalized spacial score (nSPS) is 16.6. The Morgan fingerprint density at radius 2 is 1.70 bits per heavy atom. The molecule has 4 heteroatoms. The predicted molar refractivity (Wildman–Crippen MR) is 109 cm³/mol. The Kier molecular flexibility index (Phi) is 7.28. The first-order chi connectivity index (χ1) is 13.2. The van der Waals surface area contributed by atoms with Crippen LogP contribution in [0.15, 0.2) is 60.7 Å². The summed E-state index contributed by atoms with van der Waals surface area (Å²) in [6.45, 7) is 5.79. The van der Waals surface area contributed by atoms with Gasteiger partial charge in [0.1, 0.15) is 5.75 Å². The summed E-state index contributed by atoms with van der Waals surface area (Å²) >= 11 is 0. The molecule has 0 bridgehead atoms. The van der Waals surface area contributed by atoms with Crippen molar-refractivity contribution >= 4 is 5.91 Å². The first-order valence-corrected chi connectivity index (χ1v) is 9.98. The van der Waals surface area contributed by atoms with Gasteiger partial charge in [0.2, 0.25) is 5.91 Å². The van der Waals surface area contributed by atoms with Gasteiger partial charge in [-0.05, 0) is 57.0 Å². The summed E-state index contributed by atoms with van der Waals surface area (Å²) in [4.78, 5) is 15.0. The van der Waals surface area contributed by atoms with E-state index in [4.69, 9.17) is 4.74 Å². The zero-order valence-corrected chi connectivity index (χ0v) is 16.1. The molecule has 1 heterocycles. The molecule has 0 aliphatic carbocycles. The third-order valence-corrected chi connectivity index (χ3v) is 5.25. The molecule has 1 aliphatic rings. The highest BCUT2D eigenvalue weighted by Crippen LogP contribution is 2.20. The number of hydrogen-bond donors (Lipinski definition) is 1. The number of ether oxygens (including phenoxy) is 1. The van der Waals surface area contributed by atoms with Crippen LogP contribution in [0.1, 0.15) is 37.8 Å². The molecule has 4 nitrogen and oxygen atoms in total. The van der Waals surface area contributed by atoms with E-state index >= 15 is 0 Å². The van der Waals surface area contributed by atoms with Crippen molar-refractivity contribution in [2.45, 2.75) is 32.2 Å². The second kappa shape index (κ2) is 10.1. The predicted octanol–water partition coefficient (Wildman–Crippen LogP) is 4.04. The number of carbonyl (C=O) groups is 1. The van der Waals surface area contributed by atoms with Gasteiger partial charge >= 0.3 is 0 Å². The van der Waals surface area contributed by atoms with Crippen molar-refractivity contribution in [3.05, 3.63) is 66.2 Å². The molecule has 3 rings (SSSR count). The lowest BCUT2D eigenvalue weighted by molar-refractivity contribution is -0.127. The van der Waals surface area contributed by atoms with Crippen molar-refractivity contribution in [1.29, 1.82) is 0 Å². The minimum absolute atomic E-state index is 0.0619. The van der Waals surface area contributed by atoms with Gasteiger partial charge in [0.15, 0.2) is 0 Å². The van der Waals surface area contributed by atoms with Crippen LogP contribution in [0, 0.1) is 5.92 Å². The summed E-state index contributed by atoms with van der Waals surface area (Å²) in [5.41, 5.74) is 1.15. The maximum absolute atomic E-state index is 12.6. The van der Waals surface area contributed by atoms with E-state index in [9.17, 15) is 4.79 Å². The molecule has 1 fully saturated rings. The molecule has 2 aromatic rings. The van der Waals surface area contributed by atoms with E-state index in [0.29, 0.717) is 0 Å². The van der Waals surface area contributed by atoms with Crippen LogP contribution in [0.3, 0.4) is 0 Å². The van der Waals surface area contributed by atoms with Crippen LogP contribution in [0.2, 0.25) is 0 Å². The average Bonchev–Trinajstić information content (AvgIpc) is 2.73. The number of carbonyl (C=O) groups excluding carboxylic acids is 1. The lowest BCUT2D eigenvalue weighted by Gasteiger charge is -2.31. The van der Waals surface area contributed by atoms with Crippen LogP contribution in [0.4, 0.5) is 0 Å². The van der Waals surface area contributed by atoms with Crippen LogP contribution in [0.5, 0.6) is 5.75 Å². The number of benzene rings is 2. The highest BCUT2D eigenvalue weighted by molar-refractivity contribution is 5.79. The van der Waals surface area contributed by atoms with Crippen molar-refractivity contribution in [3.8, 4) is 5.75 Å². The van der Waals surface area contributed by atoms with Gasteiger partial charge in [-0.3, -0.25) is 4.79 Å². The molecule has 0 radical (unpaired) electrons. The fraction of sp³-hybridized carbons (Fsp3) is 0.435. The standard InChI is InChI=1S/C23H30N2O2/c1-19(20-9-4-2-5-10-20)24-23(26)21-13-16-25(17-14-21)15-8-18-27-22-11-6-3-7-12-22/h2-7,9-12,19,21H,8,13-18H2,1H3,(H,24,26). The second-order valence-electron chi connectivity index (χ2n) is 7.27. The smallest absolute Gasteiger partial charge is 0.223 e. The molecule has 1 N–H and O–H groups in total. The number of likely N-dealkylation sites (tertiary alicyclic amines) is 1. The Morgan fingerprint density at radius 1 is 1.07 bits per heavy atom. The van der Waals surface area contributed by atoms with E-state index in [-0.39, 0.29) is 17.9 Å². The highest BCUT2D eigenvalue weighted by atomic mass is 16.5. The van der Waals surface area contributed by atoms with Gasteiger partial charge in [0.25, 0.3) is 0 Å². The summed E-state index contributed by atoms with van der Waals surface area (Å²) in [6, 6.07) is 20.2. The van der Waals surface area contributed by atoms with Crippen molar-refractivity contribution in [2.75, 3.05) is 26.2 Å². The average molecular weight is 367 g/mol. The van der Waals surface area contributed by atoms with Gasteiger partial charge in [-0.2, -0.15) is 0 Å². The van der Waals surface area contributed by atoms with Gasteiger partial charge < -0.3 is 15.0 Å². The third kappa shape index (κ3) is 6.10. The molecule has 0 spiro atoms. The van der Waals surface area contributed by atoms with Gasteiger partial charge in [-0.25, -0.2) is 0 Å². The van der Waals surface area contributed by atoms with Crippen molar-refractivity contribution in [2.24, 2.45) is 5.92 Å². The Hall–Kier alpha value is -2.33. The first-order valence-electron chi connectivity index (χ1n) is 9.98. The van der Waals surface area contributed by atoms with Crippen LogP contribution in [-0.2, 0) is 4.79 Å². The Morgan fingerprint density at radius 3 is 2.37 bits per heavy atom. The topological polar surface area (TPSA) is 41.6 Å².